The molecular formula is C19H26FNO2. The number of nitrogens with zero attached hydrogens (tertiary/aromatic N) is 1. The molecule has 2 aliphatic rings. The van der Waals surface area contributed by atoms with Crippen LogP contribution in [0.4, 0.5) is 4.39 Å². The van der Waals surface area contributed by atoms with Gasteiger partial charge in [0, 0.05) is 25.6 Å². The van der Waals surface area contributed by atoms with E-state index in [1.165, 1.54) is 18.6 Å². The maximum Gasteiger partial charge on any atom is 0.227 e. The summed E-state index contributed by atoms with van der Waals surface area (Å²) >= 11 is 0. The Balaban J connectivity index is 1.71. The average Bonchev–Trinajstić information content (AvgIpc) is 2.92. The van der Waals surface area contributed by atoms with E-state index in [2.05, 4.69) is 0 Å². The first-order valence-electron chi connectivity index (χ1n) is 8.60. The molecule has 2 fully saturated rings. The zero-order chi connectivity index (χ0) is 16.4. The van der Waals surface area contributed by atoms with E-state index in [4.69, 9.17) is 4.74 Å². The number of hydrogen-bond donors (Lipinski definition) is 0. The van der Waals surface area contributed by atoms with Gasteiger partial charge in [-0.25, -0.2) is 4.39 Å². The van der Waals surface area contributed by atoms with Crippen LogP contribution < -0.4 is 0 Å². The van der Waals surface area contributed by atoms with Crippen molar-refractivity contribution in [2.75, 3.05) is 20.2 Å². The summed E-state index contributed by atoms with van der Waals surface area (Å²) in [5, 5.41) is 0. The van der Waals surface area contributed by atoms with Crippen molar-refractivity contribution in [2.24, 2.45) is 5.41 Å². The van der Waals surface area contributed by atoms with E-state index in [1.807, 2.05) is 11.8 Å². The molecule has 23 heavy (non-hydrogen) atoms. The fourth-order valence-corrected chi connectivity index (χ4v) is 4.42. The number of carbonyl (C=O) groups is 1. The summed E-state index contributed by atoms with van der Waals surface area (Å²) in [6.07, 6.45) is 6.17. The lowest BCUT2D eigenvalue weighted by molar-refractivity contribution is -0.136. The van der Waals surface area contributed by atoms with Crippen LogP contribution in [0.5, 0.6) is 0 Å². The first-order valence-corrected chi connectivity index (χ1v) is 8.60. The Hall–Kier alpha value is -1.42. The minimum Gasteiger partial charge on any atom is -0.381 e. The van der Waals surface area contributed by atoms with Crippen LogP contribution in [0.25, 0.3) is 0 Å². The van der Waals surface area contributed by atoms with Gasteiger partial charge in [-0.3, -0.25) is 4.79 Å². The van der Waals surface area contributed by atoms with Crippen LogP contribution in [0, 0.1) is 18.2 Å². The number of aryl methyl sites for hydroxylation is 1. The van der Waals surface area contributed by atoms with Crippen LogP contribution in [-0.4, -0.2) is 37.1 Å². The number of hydrogen-bond acceptors (Lipinski definition) is 2. The minimum atomic E-state index is -0.274. The SMILES string of the molecule is CO[C@@H]1CCC[C@@]12CCCN(C(=O)Cc1cc(F)ccc1C)C2. The molecule has 1 saturated heterocycles. The molecule has 0 bridgehead atoms. The van der Waals surface area contributed by atoms with Gasteiger partial charge in [-0.15, -0.1) is 0 Å². The molecule has 0 radical (unpaired) electrons. The Morgan fingerprint density at radius 2 is 2.17 bits per heavy atom. The number of amides is 1. The number of halogens is 1. The number of carbonyl (C=O) groups excluding carboxylic acids is 1. The number of ether oxygens (including phenoxy) is 1. The molecule has 0 unspecified atom stereocenters. The third-order valence-electron chi connectivity index (χ3n) is 5.72. The molecule has 126 valence electrons. The minimum absolute atomic E-state index is 0.111. The van der Waals surface area contributed by atoms with E-state index < -0.39 is 0 Å². The molecular weight excluding hydrogens is 293 g/mol. The molecule has 1 aliphatic heterocycles. The van der Waals surface area contributed by atoms with E-state index in [-0.39, 0.29) is 29.7 Å². The topological polar surface area (TPSA) is 29.5 Å². The maximum absolute atomic E-state index is 13.4. The Morgan fingerprint density at radius 3 is 2.96 bits per heavy atom. The highest BCUT2D eigenvalue weighted by Gasteiger charge is 2.46. The van der Waals surface area contributed by atoms with Gasteiger partial charge in [0.1, 0.15) is 5.82 Å². The predicted octanol–water partition coefficient (Wildman–Crippen LogP) is 3.48. The van der Waals surface area contributed by atoms with Gasteiger partial charge in [0.2, 0.25) is 5.91 Å². The predicted molar refractivity (Wildman–Crippen MR) is 87.7 cm³/mol. The van der Waals surface area contributed by atoms with E-state index in [1.54, 1.807) is 13.2 Å². The molecule has 4 heteroatoms. The molecule has 1 saturated carbocycles. The molecule has 1 spiro atoms. The summed E-state index contributed by atoms with van der Waals surface area (Å²) in [6, 6.07) is 4.68. The van der Waals surface area contributed by atoms with Crippen LogP contribution in [0.3, 0.4) is 0 Å². The van der Waals surface area contributed by atoms with Gasteiger partial charge in [-0.1, -0.05) is 12.5 Å². The van der Waals surface area contributed by atoms with Crippen molar-refractivity contribution in [2.45, 2.75) is 51.6 Å². The molecule has 0 N–H and O–H groups in total. The molecule has 1 aliphatic carbocycles. The highest BCUT2D eigenvalue weighted by Crippen LogP contribution is 2.46. The Morgan fingerprint density at radius 1 is 1.39 bits per heavy atom. The van der Waals surface area contributed by atoms with Crippen LogP contribution in [0.1, 0.15) is 43.2 Å². The van der Waals surface area contributed by atoms with Gasteiger partial charge < -0.3 is 9.64 Å². The van der Waals surface area contributed by atoms with E-state index in [9.17, 15) is 9.18 Å². The molecule has 1 heterocycles. The monoisotopic (exact) mass is 319 g/mol. The summed E-state index contributed by atoms with van der Waals surface area (Å²) in [5.41, 5.74) is 1.91. The van der Waals surface area contributed by atoms with E-state index in [0.717, 1.165) is 49.9 Å². The van der Waals surface area contributed by atoms with Crippen molar-refractivity contribution in [3.63, 3.8) is 0 Å². The lowest BCUT2D eigenvalue weighted by Gasteiger charge is -2.43. The van der Waals surface area contributed by atoms with Gasteiger partial charge >= 0.3 is 0 Å². The fourth-order valence-electron chi connectivity index (χ4n) is 4.42. The van der Waals surface area contributed by atoms with Crippen molar-refractivity contribution in [3.8, 4) is 0 Å². The number of piperidine rings is 1. The first-order chi connectivity index (χ1) is 11.0. The van der Waals surface area contributed by atoms with Crippen LogP contribution in [0.15, 0.2) is 18.2 Å². The Kier molecular flexibility index (Phi) is 4.72. The molecule has 3 rings (SSSR count). The zero-order valence-corrected chi connectivity index (χ0v) is 14.1. The van der Waals surface area contributed by atoms with E-state index >= 15 is 0 Å². The van der Waals surface area contributed by atoms with Gasteiger partial charge in [0.15, 0.2) is 0 Å². The lowest BCUT2D eigenvalue weighted by Crippen LogP contribution is -2.50. The lowest BCUT2D eigenvalue weighted by atomic mass is 9.76. The second-order valence-electron chi connectivity index (χ2n) is 7.15. The molecule has 1 aromatic carbocycles. The number of benzene rings is 1. The summed E-state index contributed by atoms with van der Waals surface area (Å²) in [4.78, 5) is 14.7. The highest BCUT2D eigenvalue weighted by molar-refractivity contribution is 5.79. The summed E-state index contributed by atoms with van der Waals surface area (Å²) < 4.78 is 19.1. The van der Waals surface area contributed by atoms with Crippen molar-refractivity contribution in [1.82, 2.24) is 4.90 Å². The van der Waals surface area contributed by atoms with Crippen molar-refractivity contribution in [3.05, 3.63) is 35.1 Å². The van der Waals surface area contributed by atoms with Gasteiger partial charge in [-0.05, 0) is 55.9 Å². The van der Waals surface area contributed by atoms with Crippen molar-refractivity contribution >= 4 is 5.91 Å². The highest BCUT2D eigenvalue weighted by atomic mass is 19.1. The van der Waals surface area contributed by atoms with Gasteiger partial charge in [0.05, 0.1) is 12.5 Å². The number of rotatable bonds is 3. The first kappa shape index (κ1) is 16.4. The fraction of sp³-hybridized carbons (Fsp3) is 0.632. The Bertz CT molecular complexity index is 589. The summed E-state index contributed by atoms with van der Waals surface area (Å²) in [7, 11) is 1.79. The molecule has 3 nitrogen and oxygen atoms in total. The standard InChI is InChI=1S/C19H26FNO2/c1-14-6-7-16(20)11-15(14)12-18(22)21-10-4-9-19(13-21)8-3-5-17(19)23-2/h6-7,11,17H,3-5,8-10,12-13H2,1-2H3/t17-,19+/m1/s1. The third kappa shape index (κ3) is 3.27. The normalized spacial score (nSPS) is 27.6. The van der Waals surface area contributed by atoms with Crippen LogP contribution in [-0.2, 0) is 16.0 Å². The third-order valence-corrected chi connectivity index (χ3v) is 5.72. The van der Waals surface area contributed by atoms with E-state index in [0.29, 0.717) is 0 Å². The zero-order valence-electron chi connectivity index (χ0n) is 14.1. The van der Waals surface area contributed by atoms with Crippen molar-refractivity contribution < 1.29 is 13.9 Å². The van der Waals surface area contributed by atoms with Crippen LogP contribution >= 0.6 is 0 Å². The summed E-state index contributed by atoms with van der Waals surface area (Å²) in [5.74, 6) is -0.164. The molecule has 1 aromatic rings. The number of likely N-dealkylation sites (tertiary alicyclic amines) is 1. The molecule has 0 aromatic heterocycles. The second-order valence-corrected chi connectivity index (χ2v) is 7.15. The molecule has 1 amide bonds. The Labute approximate surface area is 137 Å². The van der Waals surface area contributed by atoms with Gasteiger partial charge in [-0.2, -0.15) is 0 Å². The van der Waals surface area contributed by atoms with Crippen LogP contribution in [0.2, 0.25) is 0 Å². The van der Waals surface area contributed by atoms with Gasteiger partial charge in [0.25, 0.3) is 0 Å². The van der Waals surface area contributed by atoms with Crippen molar-refractivity contribution in [1.29, 1.82) is 0 Å². The largest absolute Gasteiger partial charge is 0.381 e. The number of methoxy groups -OCH3 is 1. The maximum atomic E-state index is 13.4. The second kappa shape index (κ2) is 6.60. The quantitative estimate of drug-likeness (QED) is 0.853. The summed E-state index contributed by atoms with van der Waals surface area (Å²) in [6.45, 7) is 3.53. The smallest absolute Gasteiger partial charge is 0.227 e. The average molecular weight is 319 g/mol. The molecule has 2 atom stereocenters.